The maximum atomic E-state index is 12.8. The van der Waals surface area contributed by atoms with E-state index >= 15 is 0 Å². The number of carbonyl (C=O) groups is 1. The summed E-state index contributed by atoms with van der Waals surface area (Å²) in [6.45, 7) is 2.08. The van der Waals surface area contributed by atoms with Crippen LogP contribution in [0.25, 0.3) is 6.08 Å². The molecule has 1 fully saturated rings. The lowest BCUT2D eigenvalue weighted by Crippen LogP contribution is -2.44. The standard InChI is InChI=1S/C16H20FNO2/c1-16(11-19)10-2-3-14(16)18-15(20)9-6-12-4-7-13(17)8-5-12/h4-9,14,19H,2-3,10-11H2,1H3,(H,18,20)/b9-6+. The molecule has 0 spiro atoms. The van der Waals surface area contributed by atoms with Gasteiger partial charge in [0, 0.05) is 17.5 Å². The number of benzene rings is 1. The van der Waals surface area contributed by atoms with Crippen LogP contribution < -0.4 is 5.32 Å². The Kier molecular flexibility index (Phi) is 4.55. The van der Waals surface area contributed by atoms with Crippen molar-refractivity contribution in [2.45, 2.75) is 32.2 Å². The number of amides is 1. The molecule has 1 aliphatic carbocycles. The van der Waals surface area contributed by atoms with E-state index in [1.807, 2.05) is 6.92 Å². The fraction of sp³-hybridized carbons (Fsp3) is 0.438. The summed E-state index contributed by atoms with van der Waals surface area (Å²) in [6.07, 6.45) is 5.94. The summed E-state index contributed by atoms with van der Waals surface area (Å²) >= 11 is 0. The zero-order valence-electron chi connectivity index (χ0n) is 11.6. The Morgan fingerprint density at radius 2 is 2.20 bits per heavy atom. The lowest BCUT2D eigenvalue weighted by Gasteiger charge is -2.29. The molecule has 1 aliphatic rings. The molecule has 2 unspecified atom stereocenters. The molecule has 108 valence electrons. The summed E-state index contributed by atoms with van der Waals surface area (Å²) in [5.41, 5.74) is 0.553. The molecule has 1 amide bonds. The summed E-state index contributed by atoms with van der Waals surface area (Å²) in [6, 6.07) is 5.96. The minimum absolute atomic E-state index is 0.0119. The van der Waals surface area contributed by atoms with Crippen molar-refractivity contribution in [2.24, 2.45) is 5.41 Å². The molecule has 2 atom stereocenters. The highest BCUT2D eigenvalue weighted by Crippen LogP contribution is 2.37. The second-order valence-electron chi connectivity index (χ2n) is 5.65. The molecule has 2 N–H and O–H groups in total. The molecule has 20 heavy (non-hydrogen) atoms. The van der Waals surface area contributed by atoms with Gasteiger partial charge in [-0.3, -0.25) is 4.79 Å². The normalized spacial score (nSPS) is 26.1. The first-order valence-corrected chi connectivity index (χ1v) is 6.88. The van der Waals surface area contributed by atoms with E-state index in [2.05, 4.69) is 5.32 Å². The molecule has 2 rings (SSSR count). The number of aliphatic hydroxyl groups excluding tert-OH is 1. The average Bonchev–Trinajstić information content (AvgIpc) is 2.80. The van der Waals surface area contributed by atoms with Gasteiger partial charge in [-0.25, -0.2) is 4.39 Å². The Morgan fingerprint density at radius 3 is 2.85 bits per heavy atom. The zero-order valence-corrected chi connectivity index (χ0v) is 11.6. The van der Waals surface area contributed by atoms with E-state index < -0.39 is 0 Å². The Bertz CT molecular complexity index is 498. The molecule has 3 nitrogen and oxygen atoms in total. The zero-order chi connectivity index (χ0) is 14.6. The highest BCUT2D eigenvalue weighted by atomic mass is 19.1. The molecule has 0 aliphatic heterocycles. The highest BCUT2D eigenvalue weighted by molar-refractivity contribution is 5.91. The molecule has 0 aromatic heterocycles. The third-order valence-corrected chi connectivity index (χ3v) is 4.06. The maximum Gasteiger partial charge on any atom is 0.244 e. The van der Waals surface area contributed by atoms with Crippen molar-refractivity contribution in [3.63, 3.8) is 0 Å². The van der Waals surface area contributed by atoms with E-state index in [1.54, 1.807) is 18.2 Å². The van der Waals surface area contributed by atoms with Gasteiger partial charge in [0.15, 0.2) is 0 Å². The quantitative estimate of drug-likeness (QED) is 0.831. The van der Waals surface area contributed by atoms with Crippen LogP contribution in [0.4, 0.5) is 4.39 Å². The topological polar surface area (TPSA) is 49.3 Å². The predicted octanol–water partition coefficient (Wildman–Crippen LogP) is 2.51. The lowest BCUT2D eigenvalue weighted by atomic mass is 9.86. The number of halogens is 1. The van der Waals surface area contributed by atoms with Gasteiger partial charge in [0.05, 0.1) is 6.61 Å². The van der Waals surface area contributed by atoms with Crippen molar-refractivity contribution >= 4 is 12.0 Å². The van der Waals surface area contributed by atoms with E-state index in [1.165, 1.54) is 18.2 Å². The van der Waals surface area contributed by atoms with Gasteiger partial charge in [-0.1, -0.05) is 25.5 Å². The molecule has 4 heteroatoms. The van der Waals surface area contributed by atoms with Crippen molar-refractivity contribution in [1.82, 2.24) is 5.32 Å². The second-order valence-corrected chi connectivity index (χ2v) is 5.65. The number of hydrogen-bond donors (Lipinski definition) is 2. The van der Waals surface area contributed by atoms with E-state index in [4.69, 9.17) is 0 Å². The van der Waals surface area contributed by atoms with Gasteiger partial charge in [-0.05, 0) is 36.6 Å². The molecule has 0 bridgehead atoms. The maximum absolute atomic E-state index is 12.8. The van der Waals surface area contributed by atoms with Gasteiger partial charge >= 0.3 is 0 Å². The van der Waals surface area contributed by atoms with Crippen molar-refractivity contribution in [3.05, 3.63) is 41.7 Å². The Labute approximate surface area is 118 Å². The summed E-state index contributed by atoms with van der Waals surface area (Å²) in [5, 5.41) is 12.4. The smallest absolute Gasteiger partial charge is 0.244 e. The molecule has 1 aromatic carbocycles. The molecular formula is C16H20FNO2. The minimum atomic E-state index is -0.295. The van der Waals surface area contributed by atoms with Gasteiger partial charge in [0.2, 0.25) is 5.91 Å². The van der Waals surface area contributed by atoms with E-state index in [0.29, 0.717) is 0 Å². The van der Waals surface area contributed by atoms with Crippen LogP contribution in [0.5, 0.6) is 0 Å². The highest BCUT2D eigenvalue weighted by Gasteiger charge is 2.38. The van der Waals surface area contributed by atoms with Gasteiger partial charge in [-0.2, -0.15) is 0 Å². The first-order valence-electron chi connectivity index (χ1n) is 6.88. The summed E-state index contributed by atoms with van der Waals surface area (Å²) in [7, 11) is 0. The van der Waals surface area contributed by atoms with E-state index in [-0.39, 0.29) is 29.8 Å². The Hall–Kier alpha value is -1.68. The van der Waals surface area contributed by atoms with Crippen LogP contribution in [0.15, 0.2) is 30.3 Å². The second kappa shape index (κ2) is 6.18. The van der Waals surface area contributed by atoms with Crippen LogP contribution >= 0.6 is 0 Å². The van der Waals surface area contributed by atoms with E-state index in [9.17, 15) is 14.3 Å². The minimum Gasteiger partial charge on any atom is -0.396 e. The average molecular weight is 277 g/mol. The van der Waals surface area contributed by atoms with Gasteiger partial charge in [-0.15, -0.1) is 0 Å². The Balaban J connectivity index is 1.94. The third-order valence-electron chi connectivity index (χ3n) is 4.06. The van der Waals surface area contributed by atoms with E-state index in [0.717, 1.165) is 24.8 Å². The summed E-state index contributed by atoms with van der Waals surface area (Å²) in [5.74, 6) is -0.475. The largest absolute Gasteiger partial charge is 0.396 e. The summed E-state index contributed by atoms with van der Waals surface area (Å²) in [4.78, 5) is 11.9. The van der Waals surface area contributed by atoms with Gasteiger partial charge in [0.25, 0.3) is 0 Å². The van der Waals surface area contributed by atoms with Crippen LogP contribution in [-0.2, 0) is 4.79 Å². The predicted molar refractivity (Wildman–Crippen MR) is 76.4 cm³/mol. The van der Waals surface area contributed by atoms with Crippen molar-refractivity contribution < 1.29 is 14.3 Å². The van der Waals surface area contributed by atoms with Crippen molar-refractivity contribution in [2.75, 3.05) is 6.61 Å². The monoisotopic (exact) mass is 277 g/mol. The van der Waals surface area contributed by atoms with Gasteiger partial charge < -0.3 is 10.4 Å². The molecule has 0 radical (unpaired) electrons. The lowest BCUT2D eigenvalue weighted by molar-refractivity contribution is -0.117. The SMILES string of the molecule is CC1(CO)CCCC1NC(=O)/C=C/c1ccc(F)cc1. The number of hydrogen-bond acceptors (Lipinski definition) is 2. The fourth-order valence-electron chi connectivity index (χ4n) is 2.63. The molecular weight excluding hydrogens is 257 g/mol. The Morgan fingerprint density at radius 1 is 1.50 bits per heavy atom. The van der Waals surface area contributed by atoms with Crippen molar-refractivity contribution in [3.8, 4) is 0 Å². The fourth-order valence-corrected chi connectivity index (χ4v) is 2.63. The van der Waals surface area contributed by atoms with Crippen LogP contribution in [0, 0.1) is 11.2 Å². The van der Waals surface area contributed by atoms with Gasteiger partial charge in [0.1, 0.15) is 5.82 Å². The number of carbonyl (C=O) groups excluding carboxylic acids is 1. The van der Waals surface area contributed by atoms with Crippen LogP contribution in [0.3, 0.4) is 0 Å². The first kappa shape index (κ1) is 14.7. The molecule has 0 saturated heterocycles. The number of aliphatic hydroxyl groups is 1. The molecule has 0 heterocycles. The van der Waals surface area contributed by atoms with Crippen molar-refractivity contribution in [1.29, 1.82) is 0 Å². The third kappa shape index (κ3) is 3.45. The van der Waals surface area contributed by atoms with Crippen LogP contribution in [0.2, 0.25) is 0 Å². The molecule has 1 aromatic rings. The number of rotatable bonds is 4. The summed E-state index contributed by atoms with van der Waals surface area (Å²) < 4.78 is 12.8. The van der Waals surface area contributed by atoms with Crippen LogP contribution in [0.1, 0.15) is 31.7 Å². The van der Waals surface area contributed by atoms with Crippen LogP contribution in [-0.4, -0.2) is 23.7 Å². The number of nitrogens with one attached hydrogen (secondary N) is 1. The molecule has 1 saturated carbocycles. The first-order chi connectivity index (χ1) is 9.53.